The molecule has 0 aliphatic heterocycles. The number of aromatic nitrogens is 2. The molecule has 3 rings (SSSR count). The summed E-state index contributed by atoms with van der Waals surface area (Å²) in [6.45, 7) is 0. The van der Waals surface area contributed by atoms with Gasteiger partial charge in [0.05, 0.1) is 11.7 Å². The fourth-order valence-corrected chi connectivity index (χ4v) is 3.18. The average molecular weight is 396 g/mol. The van der Waals surface area contributed by atoms with Gasteiger partial charge < -0.3 is 15.4 Å². The highest BCUT2D eigenvalue weighted by atomic mass is 79.9. The van der Waals surface area contributed by atoms with Gasteiger partial charge in [0.25, 0.3) is 0 Å². The van der Waals surface area contributed by atoms with Crippen LogP contribution in [-0.2, 0) is 21.4 Å². The predicted octanol–water partition coefficient (Wildman–Crippen LogP) is 2.16. The number of nitrogens with one attached hydrogen (secondary N) is 2. The second kappa shape index (κ2) is 6.35. The van der Waals surface area contributed by atoms with Crippen LogP contribution in [0.1, 0.15) is 24.1 Å². The SMILES string of the molecule is O=C(O)[C@@H](Cc1cnc[nH]1)NC(=O)C1(c2cc(F)cc(Br)c2)CC1. The Labute approximate surface area is 145 Å². The maximum atomic E-state index is 13.6. The minimum absolute atomic E-state index is 0.101. The van der Waals surface area contributed by atoms with E-state index in [9.17, 15) is 19.1 Å². The van der Waals surface area contributed by atoms with Crippen LogP contribution in [0.5, 0.6) is 0 Å². The molecule has 1 atom stereocenters. The van der Waals surface area contributed by atoms with Gasteiger partial charge in [-0.1, -0.05) is 15.9 Å². The zero-order chi connectivity index (χ0) is 17.3. The number of nitrogens with zero attached hydrogens (tertiary/aromatic N) is 1. The normalized spacial score (nSPS) is 16.4. The van der Waals surface area contributed by atoms with Crippen LogP contribution in [0, 0.1) is 5.82 Å². The minimum Gasteiger partial charge on any atom is -0.480 e. The standard InChI is InChI=1S/C16H15BrFN3O3/c17-10-3-9(4-11(18)5-10)16(1-2-16)15(24)21-13(14(22)23)6-12-7-19-8-20-12/h3-5,7-8,13H,1-2,6H2,(H,19,20)(H,21,24)(H,22,23)/t13-/m1/s1. The molecule has 0 spiro atoms. The van der Waals surface area contributed by atoms with Crippen molar-refractivity contribution in [2.24, 2.45) is 0 Å². The Kier molecular flexibility index (Phi) is 4.40. The molecule has 1 aromatic heterocycles. The lowest BCUT2D eigenvalue weighted by Gasteiger charge is -2.20. The lowest BCUT2D eigenvalue weighted by molar-refractivity contribution is -0.142. The van der Waals surface area contributed by atoms with Crippen LogP contribution in [0.3, 0.4) is 0 Å². The largest absolute Gasteiger partial charge is 0.480 e. The molecule has 0 saturated heterocycles. The summed E-state index contributed by atoms with van der Waals surface area (Å²) in [5.41, 5.74) is 0.311. The summed E-state index contributed by atoms with van der Waals surface area (Å²) >= 11 is 3.22. The first-order valence-electron chi connectivity index (χ1n) is 7.38. The molecule has 0 radical (unpaired) electrons. The number of aromatic amines is 1. The number of imidazole rings is 1. The molecule has 1 heterocycles. The van der Waals surface area contributed by atoms with E-state index >= 15 is 0 Å². The maximum absolute atomic E-state index is 13.6. The number of hydrogen-bond donors (Lipinski definition) is 3. The lowest BCUT2D eigenvalue weighted by Crippen LogP contribution is -2.46. The Morgan fingerprint density at radius 3 is 2.71 bits per heavy atom. The van der Waals surface area contributed by atoms with Crippen molar-refractivity contribution in [3.63, 3.8) is 0 Å². The van der Waals surface area contributed by atoms with Crippen molar-refractivity contribution < 1.29 is 19.1 Å². The topological polar surface area (TPSA) is 95.1 Å². The van der Waals surface area contributed by atoms with Gasteiger partial charge in [0, 0.05) is 22.8 Å². The second-order valence-corrected chi connectivity index (χ2v) is 6.80. The summed E-state index contributed by atoms with van der Waals surface area (Å²) in [6, 6.07) is 3.26. The third-order valence-corrected chi connectivity index (χ3v) is 4.64. The summed E-state index contributed by atoms with van der Waals surface area (Å²) in [6.07, 6.45) is 4.18. The van der Waals surface area contributed by atoms with Crippen molar-refractivity contribution in [1.29, 1.82) is 0 Å². The first kappa shape index (κ1) is 16.6. The highest BCUT2D eigenvalue weighted by Crippen LogP contribution is 2.49. The molecule has 8 heteroatoms. The molecule has 1 aliphatic carbocycles. The van der Waals surface area contributed by atoms with E-state index in [0.29, 0.717) is 28.6 Å². The van der Waals surface area contributed by atoms with Crippen LogP contribution in [0.2, 0.25) is 0 Å². The third kappa shape index (κ3) is 3.33. The first-order valence-corrected chi connectivity index (χ1v) is 8.17. The molecule has 6 nitrogen and oxygen atoms in total. The number of carbonyl (C=O) groups excluding carboxylic acids is 1. The quantitative estimate of drug-likeness (QED) is 0.698. The van der Waals surface area contributed by atoms with Crippen molar-refractivity contribution in [2.75, 3.05) is 0 Å². The Morgan fingerprint density at radius 2 is 2.17 bits per heavy atom. The Bertz CT molecular complexity index is 755. The molecule has 1 aromatic carbocycles. The number of rotatable bonds is 6. The highest BCUT2D eigenvalue weighted by Gasteiger charge is 2.52. The number of halogens is 2. The minimum atomic E-state index is -1.13. The summed E-state index contributed by atoms with van der Waals surface area (Å²) < 4.78 is 14.2. The van der Waals surface area contributed by atoms with Crippen molar-refractivity contribution in [1.82, 2.24) is 15.3 Å². The summed E-state index contributed by atoms with van der Waals surface area (Å²) in [5.74, 6) is -1.97. The Morgan fingerprint density at radius 1 is 1.42 bits per heavy atom. The number of amides is 1. The number of hydrogen-bond acceptors (Lipinski definition) is 3. The van der Waals surface area contributed by atoms with Gasteiger partial charge in [0.1, 0.15) is 11.9 Å². The van der Waals surface area contributed by atoms with Crippen molar-refractivity contribution in [3.8, 4) is 0 Å². The van der Waals surface area contributed by atoms with E-state index in [1.54, 1.807) is 6.07 Å². The van der Waals surface area contributed by atoms with Gasteiger partial charge in [-0.15, -0.1) is 0 Å². The van der Waals surface area contributed by atoms with Gasteiger partial charge in [0.15, 0.2) is 0 Å². The van der Waals surface area contributed by atoms with Gasteiger partial charge in [-0.3, -0.25) is 4.79 Å². The lowest BCUT2D eigenvalue weighted by atomic mass is 9.94. The number of carboxylic acids is 1. The first-order chi connectivity index (χ1) is 11.4. The van der Waals surface area contributed by atoms with Gasteiger partial charge in [-0.25, -0.2) is 14.2 Å². The summed E-state index contributed by atoms with van der Waals surface area (Å²) in [5, 5.41) is 11.9. The molecular formula is C16H15BrFN3O3. The number of benzene rings is 1. The molecule has 2 aromatic rings. The predicted molar refractivity (Wildman–Crippen MR) is 86.9 cm³/mol. The number of aliphatic carboxylic acids is 1. The molecule has 24 heavy (non-hydrogen) atoms. The van der Waals surface area contributed by atoms with Crippen molar-refractivity contribution in [3.05, 3.63) is 52.3 Å². The van der Waals surface area contributed by atoms with E-state index in [1.807, 2.05) is 0 Å². The zero-order valence-electron chi connectivity index (χ0n) is 12.6. The summed E-state index contributed by atoms with van der Waals surface area (Å²) in [7, 11) is 0. The van der Waals surface area contributed by atoms with E-state index in [1.165, 1.54) is 24.7 Å². The molecule has 3 N–H and O–H groups in total. The maximum Gasteiger partial charge on any atom is 0.326 e. The van der Waals surface area contributed by atoms with Crippen LogP contribution >= 0.6 is 15.9 Å². The highest BCUT2D eigenvalue weighted by molar-refractivity contribution is 9.10. The number of carboxylic acid groups (broad SMARTS) is 1. The second-order valence-electron chi connectivity index (χ2n) is 5.89. The smallest absolute Gasteiger partial charge is 0.326 e. The molecule has 126 valence electrons. The zero-order valence-corrected chi connectivity index (χ0v) is 14.1. The summed E-state index contributed by atoms with van der Waals surface area (Å²) in [4.78, 5) is 30.7. The van der Waals surface area contributed by atoms with Gasteiger partial charge >= 0.3 is 5.97 Å². The average Bonchev–Trinajstić information content (AvgIpc) is 3.17. The van der Waals surface area contributed by atoms with Crippen LogP contribution < -0.4 is 5.32 Å². The molecule has 1 fully saturated rings. The van der Waals surface area contributed by atoms with Gasteiger partial charge in [-0.2, -0.15) is 0 Å². The van der Waals surface area contributed by atoms with Gasteiger partial charge in [-0.05, 0) is 36.6 Å². The van der Waals surface area contributed by atoms with Crippen LogP contribution in [-0.4, -0.2) is 33.0 Å². The molecule has 0 unspecified atom stereocenters. The number of carbonyl (C=O) groups is 2. The fourth-order valence-electron chi connectivity index (χ4n) is 2.71. The van der Waals surface area contributed by atoms with Gasteiger partial charge in [0.2, 0.25) is 5.91 Å². The van der Waals surface area contributed by atoms with E-state index in [-0.39, 0.29) is 6.42 Å². The third-order valence-electron chi connectivity index (χ3n) is 4.18. The molecule has 1 aliphatic rings. The van der Waals surface area contributed by atoms with Crippen molar-refractivity contribution in [2.45, 2.75) is 30.7 Å². The van der Waals surface area contributed by atoms with E-state index in [4.69, 9.17) is 0 Å². The molecule has 0 bridgehead atoms. The van der Waals surface area contributed by atoms with E-state index in [2.05, 4.69) is 31.2 Å². The van der Waals surface area contributed by atoms with E-state index in [0.717, 1.165) is 0 Å². The fraction of sp³-hybridized carbons (Fsp3) is 0.312. The molecular weight excluding hydrogens is 381 g/mol. The Balaban J connectivity index is 1.78. The van der Waals surface area contributed by atoms with Crippen LogP contribution in [0.25, 0.3) is 0 Å². The molecule has 1 saturated carbocycles. The number of H-pyrrole nitrogens is 1. The van der Waals surface area contributed by atoms with Crippen LogP contribution in [0.4, 0.5) is 4.39 Å². The molecule has 1 amide bonds. The van der Waals surface area contributed by atoms with Crippen LogP contribution in [0.15, 0.2) is 35.2 Å². The van der Waals surface area contributed by atoms with E-state index < -0.39 is 29.2 Å². The Hall–Kier alpha value is -2.22. The monoisotopic (exact) mass is 395 g/mol. The van der Waals surface area contributed by atoms with Crippen molar-refractivity contribution >= 4 is 27.8 Å².